The van der Waals surface area contributed by atoms with E-state index in [9.17, 15) is 4.79 Å². The van der Waals surface area contributed by atoms with Crippen molar-refractivity contribution >= 4 is 29.1 Å². The largest absolute Gasteiger partial charge is 0.494 e. The fraction of sp³-hybridized carbons (Fsp3) is 0.231. The first-order chi connectivity index (χ1) is 9.52. The number of methoxy groups -OCH3 is 1. The summed E-state index contributed by atoms with van der Waals surface area (Å²) < 4.78 is 5.04. The third-order valence-electron chi connectivity index (χ3n) is 2.83. The van der Waals surface area contributed by atoms with E-state index >= 15 is 0 Å². The van der Waals surface area contributed by atoms with Crippen LogP contribution in [0.4, 0.5) is 0 Å². The second kappa shape index (κ2) is 6.15. The lowest BCUT2D eigenvalue weighted by Gasteiger charge is -2.13. The average Bonchev–Trinajstić information content (AvgIpc) is 2.92. The predicted octanol–water partition coefficient (Wildman–Crippen LogP) is 3.22. The molecule has 0 radical (unpaired) electrons. The van der Waals surface area contributed by atoms with Gasteiger partial charge in [0.2, 0.25) is 0 Å². The highest BCUT2D eigenvalue weighted by Gasteiger charge is 2.16. The number of hydrogen-bond donors (Lipinski definition) is 2. The minimum Gasteiger partial charge on any atom is -0.494 e. The average molecular weight is 314 g/mol. The second-order valence-electron chi connectivity index (χ2n) is 4.20. The Balaban J connectivity index is 2.17. The van der Waals surface area contributed by atoms with Crippen molar-refractivity contribution in [3.63, 3.8) is 0 Å². The molecule has 1 amide bonds. The van der Waals surface area contributed by atoms with Gasteiger partial charge in [-0.3, -0.25) is 9.89 Å². The number of aromatic nitrogens is 2. The van der Waals surface area contributed by atoms with Crippen LogP contribution in [-0.4, -0.2) is 23.2 Å². The molecule has 2 N–H and O–H groups in total. The number of hydrogen-bond acceptors (Lipinski definition) is 3. The molecular formula is C13H13Cl2N3O2. The van der Waals surface area contributed by atoms with Crippen LogP contribution in [-0.2, 0) is 0 Å². The number of ether oxygens (including phenoxy) is 1. The summed E-state index contributed by atoms with van der Waals surface area (Å²) in [4.78, 5) is 12.2. The van der Waals surface area contributed by atoms with Gasteiger partial charge in [0.15, 0.2) is 5.75 Å². The van der Waals surface area contributed by atoms with E-state index in [1.54, 1.807) is 12.4 Å². The molecule has 1 aromatic heterocycles. The maximum Gasteiger partial charge on any atom is 0.251 e. The van der Waals surface area contributed by atoms with E-state index in [1.165, 1.54) is 19.2 Å². The highest BCUT2D eigenvalue weighted by molar-refractivity contribution is 6.37. The van der Waals surface area contributed by atoms with Crippen molar-refractivity contribution in [2.24, 2.45) is 0 Å². The molecule has 1 aromatic carbocycles. The highest BCUT2D eigenvalue weighted by Crippen LogP contribution is 2.33. The Hall–Kier alpha value is -1.72. The van der Waals surface area contributed by atoms with Crippen LogP contribution < -0.4 is 10.1 Å². The molecule has 0 saturated heterocycles. The van der Waals surface area contributed by atoms with Gasteiger partial charge in [0.1, 0.15) is 0 Å². The van der Waals surface area contributed by atoms with Gasteiger partial charge in [-0.25, -0.2) is 0 Å². The molecule has 1 heterocycles. The molecule has 7 heteroatoms. The van der Waals surface area contributed by atoms with Crippen molar-refractivity contribution in [1.82, 2.24) is 15.5 Å². The third kappa shape index (κ3) is 3.05. The molecule has 2 aromatic rings. The molecule has 0 spiro atoms. The molecule has 1 atom stereocenters. The lowest BCUT2D eigenvalue weighted by molar-refractivity contribution is 0.0940. The first-order valence-corrected chi connectivity index (χ1v) is 6.61. The molecule has 0 aliphatic heterocycles. The Bertz CT molecular complexity index is 591. The van der Waals surface area contributed by atoms with E-state index in [2.05, 4.69) is 15.5 Å². The van der Waals surface area contributed by atoms with Crippen molar-refractivity contribution in [2.75, 3.05) is 7.11 Å². The number of H-pyrrole nitrogens is 1. The Morgan fingerprint density at radius 3 is 2.55 bits per heavy atom. The minimum atomic E-state index is -0.273. The zero-order valence-corrected chi connectivity index (χ0v) is 12.4. The summed E-state index contributed by atoms with van der Waals surface area (Å²) in [5.41, 5.74) is 1.25. The smallest absolute Gasteiger partial charge is 0.251 e. The number of rotatable bonds is 4. The van der Waals surface area contributed by atoms with E-state index in [4.69, 9.17) is 27.9 Å². The molecule has 0 bridgehead atoms. The molecule has 0 saturated carbocycles. The number of benzene rings is 1. The number of halogens is 2. The van der Waals surface area contributed by atoms with E-state index in [1.807, 2.05) is 6.92 Å². The van der Waals surface area contributed by atoms with Gasteiger partial charge in [-0.05, 0) is 19.1 Å². The van der Waals surface area contributed by atoms with Crippen LogP contribution in [0.1, 0.15) is 28.9 Å². The van der Waals surface area contributed by atoms with Crippen LogP contribution in [0.2, 0.25) is 10.0 Å². The fourth-order valence-corrected chi connectivity index (χ4v) is 2.39. The first-order valence-electron chi connectivity index (χ1n) is 5.85. The van der Waals surface area contributed by atoms with Crippen molar-refractivity contribution in [3.8, 4) is 5.75 Å². The molecule has 0 aliphatic carbocycles. The lowest BCUT2D eigenvalue weighted by Crippen LogP contribution is -2.26. The molecule has 1 unspecified atom stereocenters. The summed E-state index contributed by atoms with van der Waals surface area (Å²) in [6, 6.07) is 2.86. The topological polar surface area (TPSA) is 67.0 Å². The zero-order chi connectivity index (χ0) is 14.7. The first kappa shape index (κ1) is 14.7. The van der Waals surface area contributed by atoms with E-state index in [0.29, 0.717) is 21.4 Å². The van der Waals surface area contributed by atoms with Gasteiger partial charge in [0.05, 0.1) is 29.4 Å². The zero-order valence-electron chi connectivity index (χ0n) is 10.9. The van der Waals surface area contributed by atoms with Crippen LogP contribution in [0.15, 0.2) is 24.5 Å². The Morgan fingerprint density at radius 1 is 1.40 bits per heavy atom. The Kier molecular flexibility index (Phi) is 4.52. The van der Waals surface area contributed by atoms with Gasteiger partial charge in [-0.15, -0.1) is 0 Å². The molecule has 106 valence electrons. The summed E-state index contributed by atoms with van der Waals surface area (Å²) in [6.07, 6.45) is 3.37. The number of nitrogens with one attached hydrogen (secondary N) is 2. The van der Waals surface area contributed by atoms with Gasteiger partial charge in [0, 0.05) is 17.3 Å². The third-order valence-corrected chi connectivity index (χ3v) is 3.39. The number of aromatic amines is 1. The van der Waals surface area contributed by atoms with Crippen molar-refractivity contribution < 1.29 is 9.53 Å². The molecule has 0 aliphatic rings. The van der Waals surface area contributed by atoms with E-state index in [0.717, 1.165) is 5.56 Å². The number of amides is 1. The summed E-state index contributed by atoms with van der Waals surface area (Å²) in [6.45, 7) is 1.86. The predicted molar refractivity (Wildman–Crippen MR) is 77.5 cm³/mol. The van der Waals surface area contributed by atoms with Crippen LogP contribution in [0.5, 0.6) is 5.75 Å². The van der Waals surface area contributed by atoms with E-state index in [-0.39, 0.29) is 11.9 Å². The summed E-state index contributed by atoms with van der Waals surface area (Å²) >= 11 is 12.0. The molecule has 5 nitrogen and oxygen atoms in total. The van der Waals surface area contributed by atoms with Gasteiger partial charge in [-0.2, -0.15) is 5.10 Å². The summed E-state index contributed by atoms with van der Waals surface area (Å²) in [5, 5.41) is 9.95. The molecule has 0 fully saturated rings. The van der Waals surface area contributed by atoms with Crippen LogP contribution in [0.3, 0.4) is 0 Å². The molecule has 20 heavy (non-hydrogen) atoms. The Labute approximate surface area is 126 Å². The van der Waals surface area contributed by atoms with Gasteiger partial charge in [-0.1, -0.05) is 23.2 Å². The molecule has 2 rings (SSSR count). The standard InChI is InChI=1S/C13H13Cl2N3O2/c1-7(9-5-16-17-6-9)18-13(19)8-3-10(14)12(20-2)11(15)4-8/h3-7H,1-2H3,(H,16,17)(H,18,19). The lowest BCUT2D eigenvalue weighted by atomic mass is 10.1. The SMILES string of the molecule is COc1c(Cl)cc(C(=O)NC(C)c2cn[nH]c2)cc1Cl. The van der Waals surface area contributed by atoms with Crippen LogP contribution in [0, 0.1) is 0 Å². The fourth-order valence-electron chi connectivity index (χ4n) is 1.75. The maximum absolute atomic E-state index is 12.2. The number of carbonyl (C=O) groups is 1. The summed E-state index contributed by atoms with van der Waals surface area (Å²) in [5.74, 6) is 0.0814. The van der Waals surface area contributed by atoms with Crippen molar-refractivity contribution in [3.05, 3.63) is 45.7 Å². The number of carbonyl (C=O) groups excluding carboxylic acids is 1. The van der Waals surface area contributed by atoms with Crippen molar-refractivity contribution in [1.29, 1.82) is 0 Å². The van der Waals surface area contributed by atoms with Crippen LogP contribution >= 0.6 is 23.2 Å². The number of nitrogens with zero attached hydrogens (tertiary/aromatic N) is 1. The maximum atomic E-state index is 12.2. The second-order valence-corrected chi connectivity index (χ2v) is 5.01. The van der Waals surface area contributed by atoms with E-state index < -0.39 is 0 Å². The van der Waals surface area contributed by atoms with Gasteiger partial charge in [0.25, 0.3) is 5.91 Å². The van der Waals surface area contributed by atoms with Crippen molar-refractivity contribution in [2.45, 2.75) is 13.0 Å². The minimum absolute atomic E-state index is 0.180. The van der Waals surface area contributed by atoms with Crippen LogP contribution in [0.25, 0.3) is 0 Å². The highest BCUT2D eigenvalue weighted by atomic mass is 35.5. The Morgan fingerprint density at radius 2 is 2.05 bits per heavy atom. The molecular weight excluding hydrogens is 301 g/mol. The van der Waals surface area contributed by atoms with Gasteiger partial charge < -0.3 is 10.1 Å². The monoisotopic (exact) mass is 313 g/mol. The van der Waals surface area contributed by atoms with Gasteiger partial charge >= 0.3 is 0 Å². The quantitative estimate of drug-likeness (QED) is 0.910. The normalized spacial score (nSPS) is 12.0. The summed E-state index contributed by atoms with van der Waals surface area (Å²) in [7, 11) is 1.47.